The van der Waals surface area contributed by atoms with Gasteiger partial charge in [0.25, 0.3) is 0 Å². The molecular formula is C13H24N2O4. The molecule has 6 heteroatoms. The number of hydrogen-bond donors (Lipinski definition) is 3. The number of ether oxygens (including phenoxy) is 1. The molecule has 3 N–H and O–H groups in total. The molecular weight excluding hydrogens is 248 g/mol. The number of amides is 2. The summed E-state index contributed by atoms with van der Waals surface area (Å²) in [5.41, 5.74) is -0.228. The third-order valence-corrected chi connectivity index (χ3v) is 3.52. The molecule has 1 saturated carbocycles. The molecule has 1 rings (SSSR count). The van der Waals surface area contributed by atoms with Crippen LogP contribution in [0.5, 0.6) is 0 Å². The molecule has 0 unspecified atom stereocenters. The zero-order valence-electron chi connectivity index (χ0n) is 11.5. The summed E-state index contributed by atoms with van der Waals surface area (Å²) in [6.07, 6.45) is 3.72. The molecule has 110 valence electrons. The summed E-state index contributed by atoms with van der Waals surface area (Å²) in [5, 5.41) is 14.4. The van der Waals surface area contributed by atoms with Crippen molar-refractivity contribution in [2.45, 2.75) is 39.0 Å². The van der Waals surface area contributed by atoms with Crippen molar-refractivity contribution in [1.82, 2.24) is 10.6 Å². The quantitative estimate of drug-likeness (QED) is 0.553. The van der Waals surface area contributed by atoms with Crippen LogP contribution in [0.2, 0.25) is 0 Å². The van der Waals surface area contributed by atoms with Gasteiger partial charge in [-0.1, -0.05) is 6.42 Å². The molecule has 6 nitrogen and oxygen atoms in total. The molecule has 1 aliphatic carbocycles. The first-order valence-corrected chi connectivity index (χ1v) is 6.89. The zero-order valence-corrected chi connectivity index (χ0v) is 11.5. The van der Waals surface area contributed by atoms with Crippen LogP contribution in [0.15, 0.2) is 0 Å². The Morgan fingerprint density at radius 3 is 2.58 bits per heavy atom. The fourth-order valence-electron chi connectivity index (χ4n) is 2.26. The number of carboxylic acids is 1. The third-order valence-electron chi connectivity index (χ3n) is 3.52. The molecule has 0 saturated heterocycles. The zero-order chi connectivity index (χ0) is 14.1. The number of carbonyl (C=O) groups excluding carboxylic acids is 1. The van der Waals surface area contributed by atoms with E-state index in [9.17, 15) is 9.59 Å². The number of hydrogen-bond acceptors (Lipinski definition) is 3. The minimum atomic E-state index is -0.793. The van der Waals surface area contributed by atoms with Crippen LogP contribution in [0.3, 0.4) is 0 Å². The van der Waals surface area contributed by atoms with Crippen molar-refractivity contribution in [3.63, 3.8) is 0 Å². The van der Waals surface area contributed by atoms with Gasteiger partial charge in [-0.05, 0) is 31.6 Å². The summed E-state index contributed by atoms with van der Waals surface area (Å²) in [5.74, 6) is -0.793. The van der Waals surface area contributed by atoms with E-state index in [1.807, 2.05) is 6.92 Å². The van der Waals surface area contributed by atoms with Crippen LogP contribution in [0.4, 0.5) is 4.79 Å². The highest BCUT2D eigenvalue weighted by Crippen LogP contribution is 2.43. The Bertz CT molecular complexity index is 303. The Morgan fingerprint density at radius 1 is 1.32 bits per heavy atom. The van der Waals surface area contributed by atoms with Gasteiger partial charge in [0, 0.05) is 26.3 Å². The number of nitrogens with one attached hydrogen (secondary N) is 2. The van der Waals surface area contributed by atoms with Crippen LogP contribution in [0.1, 0.15) is 39.0 Å². The van der Waals surface area contributed by atoms with E-state index in [0.29, 0.717) is 26.3 Å². The lowest BCUT2D eigenvalue weighted by molar-refractivity contribution is -0.141. The van der Waals surface area contributed by atoms with E-state index in [2.05, 4.69) is 10.6 Å². The van der Waals surface area contributed by atoms with E-state index < -0.39 is 5.97 Å². The molecule has 1 fully saturated rings. The van der Waals surface area contributed by atoms with Crippen molar-refractivity contribution < 1.29 is 19.4 Å². The molecule has 0 aromatic rings. The fourth-order valence-corrected chi connectivity index (χ4v) is 2.26. The second-order valence-electron chi connectivity index (χ2n) is 5.08. The molecule has 1 aliphatic rings. The van der Waals surface area contributed by atoms with Crippen LogP contribution in [-0.2, 0) is 9.53 Å². The average molecular weight is 272 g/mol. The highest BCUT2D eigenvalue weighted by atomic mass is 16.5. The number of aliphatic carboxylic acids is 1. The second kappa shape index (κ2) is 7.99. The number of urea groups is 1. The van der Waals surface area contributed by atoms with Gasteiger partial charge in [-0.25, -0.2) is 4.79 Å². The van der Waals surface area contributed by atoms with E-state index in [1.165, 1.54) is 0 Å². The summed E-state index contributed by atoms with van der Waals surface area (Å²) < 4.78 is 5.16. The summed E-state index contributed by atoms with van der Waals surface area (Å²) in [7, 11) is 0. The van der Waals surface area contributed by atoms with E-state index in [0.717, 1.165) is 25.7 Å². The molecule has 2 amide bonds. The minimum Gasteiger partial charge on any atom is -0.481 e. The first-order chi connectivity index (χ1) is 9.08. The predicted octanol–water partition coefficient (Wildman–Crippen LogP) is 1.36. The lowest BCUT2D eigenvalue weighted by atomic mass is 9.66. The molecule has 0 radical (unpaired) electrons. The van der Waals surface area contributed by atoms with Gasteiger partial charge in [-0.3, -0.25) is 4.79 Å². The fraction of sp³-hybridized carbons (Fsp3) is 0.846. The van der Waals surface area contributed by atoms with Crippen LogP contribution < -0.4 is 10.6 Å². The molecule has 0 spiro atoms. The van der Waals surface area contributed by atoms with Crippen molar-refractivity contribution >= 4 is 12.0 Å². The average Bonchev–Trinajstić information content (AvgIpc) is 2.31. The maximum absolute atomic E-state index is 11.5. The largest absolute Gasteiger partial charge is 0.481 e. The van der Waals surface area contributed by atoms with Gasteiger partial charge in [-0.2, -0.15) is 0 Å². The van der Waals surface area contributed by atoms with Crippen molar-refractivity contribution in [2.75, 3.05) is 26.3 Å². The van der Waals surface area contributed by atoms with Crippen LogP contribution in [-0.4, -0.2) is 43.4 Å². The van der Waals surface area contributed by atoms with Crippen molar-refractivity contribution in [2.24, 2.45) is 5.41 Å². The summed E-state index contributed by atoms with van der Waals surface area (Å²) in [4.78, 5) is 22.3. The van der Waals surface area contributed by atoms with E-state index in [1.54, 1.807) is 0 Å². The van der Waals surface area contributed by atoms with Crippen LogP contribution in [0, 0.1) is 5.41 Å². The maximum atomic E-state index is 11.5. The van der Waals surface area contributed by atoms with E-state index in [-0.39, 0.29) is 17.9 Å². The van der Waals surface area contributed by atoms with Gasteiger partial charge in [0.2, 0.25) is 0 Å². The van der Waals surface area contributed by atoms with Gasteiger partial charge < -0.3 is 20.5 Å². The van der Waals surface area contributed by atoms with Gasteiger partial charge in [0.15, 0.2) is 0 Å². The van der Waals surface area contributed by atoms with Crippen molar-refractivity contribution in [3.05, 3.63) is 0 Å². The number of carbonyl (C=O) groups is 2. The summed E-state index contributed by atoms with van der Waals surface area (Å²) >= 11 is 0. The topological polar surface area (TPSA) is 87.7 Å². The smallest absolute Gasteiger partial charge is 0.314 e. The predicted molar refractivity (Wildman–Crippen MR) is 71.0 cm³/mol. The summed E-state index contributed by atoms with van der Waals surface area (Å²) in [6.45, 7) is 4.26. The molecule has 0 heterocycles. The summed E-state index contributed by atoms with van der Waals surface area (Å²) in [6, 6.07) is -0.229. The first-order valence-electron chi connectivity index (χ1n) is 6.89. The van der Waals surface area contributed by atoms with Gasteiger partial charge >= 0.3 is 12.0 Å². The minimum absolute atomic E-state index is 0.137. The lowest BCUT2D eigenvalue weighted by Gasteiger charge is -2.40. The molecule has 0 aliphatic heterocycles. The molecule has 0 aromatic carbocycles. The highest BCUT2D eigenvalue weighted by molar-refractivity contribution is 5.74. The Balaban J connectivity index is 2.13. The Labute approximate surface area is 113 Å². The standard InChI is InChI=1S/C13H24N2O4/c1-2-19-8-4-7-14-12(18)15-10-13(5-3-6-13)9-11(16)17/h2-10H2,1H3,(H,16,17)(H2,14,15,18). The second-order valence-corrected chi connectivity index (χ2v) is 5.08. The molecule has 0 aromatic heterocycles. The van der Waals surface area contributed by atoms with E-state index in [4.69, 9.17) is 9.84 Å². The number of carboxylic acid groups (broad SMARTS) is 1. The number of rotatable bonds is 9. The molecule has 19 heavy (non-hydrogen) atoms. The normalized spacial score (nSPS) is 16.5. The van der Waals surface area contributed by atoms with Gasteiger partial charge in [0.1, 0.15) is 0 Å². The third kappa shape index (κ3) is 5.92. The molecule has 0 atom stereocenters. The Hall–Kier alpha value is -1.30. The van der Waals surface area contributed by atoms with Crippen molar-refractivity contribution in [3.8, 4) is 0 Å². The SMILES string of the molecule is CCOCCCNC(=O)NCC1(CC(=O)O)CCC1. The Kier molecular flexibility index (Phi) is 6.62. The molecule has 0 bridgehead atoms. The lowest BCUT2D eigenvalue weighted by Crippen LogP contribution is -2.46. The first kappa shape index (κ1) is 15.8. The van der Waals surface area contributed by atoms with Gasteiger partial charge in [-0.15, -0.1) is 0 Å². The van der Waals surface area contributed by atoms with Crippen LogP contribution >= 0.6 is 0 Å². The monoisotopic (exact) mass is 272 g/mol. The maximum Gasteiger partial charge on any atom is 0.314 e. The van der Waals surface area contributed by atoms with Crippen LogP contribution in [0.25, 0.3) is 0 Å². The highest BCUT2D eigenvalue weighted by Gasteiger charge is 2.39. The Morgan fingerprint density at radius 2 is 2.05 bits per heavy atom. The van der Waals surface area contributed by atoms with Crippen molar-refractivity contribution in [1.29, 1.82) is 0 Å². The van der Waals surface area contributed by atoms with E-state index >= 15 is 0 Å². The van der Waals surface area contributed by atoms with Gasteiger partial charge in [0.05, 0.1) is 6.42 Å².